The van der Waals surface area contributed by atoms with Crippen LogP contribution < -0.4 is 5.32 Å². The van der Waals surface area contributed by atoms with Gasteiger partial charge in [0.25, 0.3) is 11.6 Å². The van der Waals surface area contributed by atoms with Crippen LogP contribution in [-0.4, -0.2) is 30.0 Å². The Morgan fingerprint density at radius 3 is 2.48 bits per heavy atom. The summed E-state index contributed by atoms with van der Waals surface area (Å²) in [4.78, 5) is 34.5. The maximum absolute atomic E-state index is 12.3. The Morgan fingerprint density at radius 1 is 1.24 bits per heavy atom. The fourth-order valence-corrected chi connectivity index (χ4v) is 2.60. The largest absolute Gasteiger partial charge is 0.467 e. The van der Waals surface area contributed by atoms with Crippen LogP contribution in [0.5, 0.6) is 0 Å². The molecule has 0 saturated heterocycles. The van der Waals surface area contributed by atoms with Gasteiger partial charge in [-0.1, -0.05) is 34.1 Å². The molecule has 0 bridgehead atoms. The van der Waals surface area contributed by atoms with Crippen molar-refractivity contribution in [1.29, 1.82) is 0 Å². The van der Waals surface area contributed by atoms with Crippen molar-refractivity contribution in [3.05, 3.63) is 74.2 Å². The second-order valence-corrected chi connectivity index (χ2v) is 6.10. The normalized spacial score (nSPS) is 11.4. The highest BCUT2D eigenvalue weighted by atomic mass is 79.9. The van der Waals surface area contributed by atoms with Crippen molar-refractivity contribution in [2.45, 2.75) is 12.5 Å². The lowest BCUT2D eigenvalue weighted by Crippen LogP contribution is -2.43. The molecule has 7 nitrogen and oxygen atoms in total. The fraction of sp³-hybridized carbons (Fsp3) is 0.176. The molecule has 2 rings (SSSR count). The summed E-state index contributed by atoms with van der Waals surface area (Å²) in [6.45, 7) is 0. The van der Waals surface area contributed by atoms with Crippen LogP contribution in [0, 0.1) is 10.1 Å². The minimum atomic E-state index is -0.905. The molecule has 0 aliphatic carbocycles. The zero-order chi connectivity index (χ0) is 18.4. The molecule has 0 aliphatic rings. The van der Waals surface area contributed by atoms with Gasteiger partial charge >= 0.3 is 5.97 Å². The van der Waals surface area contributed by atoms with Gasteiger partial charge in [0, 0.05) is 28.6 Å². The van der Waals surface area contributed by atoms with Gasteiger partial charge in [-0.05, 0) is 23.8 Å². The first-order chi connectivity index (χ1) is 11.9. The van der Waals surface area contributed by atoms with E-state index in [1.807, 2.05) is 0 Å². The Kier molecular flexibility index (Phi) is 6.24. The van der Waals surface area contributed by atoms with Crippen LogP contribution in [0.3, 0.4) is 0 Å². The molecule has 0 heterocycles. The second-order valence-electron chi connectivity index (χ2n) is 5.19. The maximum atomic E-state index is 12.3. The van der Waals surface area contributed by atoms with Gasteiger partial charge in [-0.2, -0.15) is 0 Å². The van der Waals surface area contributed by atoms with Crippen LogP contribution in [0.2, 0.25) is 0 Å². The van der Waals surface area contributed by atoms with Crippen LogP contribution in [0.4, 0.5) is 5.69 Å². The summed E-state index contributed by atoms with van der Waals surface area (Å²) in [6.07, 6.45) is 0.157. The minimum Gasteiger partial charge on any atom is -0.467 e. The van der Waals surface area contributed by atoms with Gasteiger partial charge in [-0.15, -0.1) is 0 Å². The van der Waals surface area contributed by atoms with Crippen molar-refractivity contribution in [3.63, 3.8) is 0 Å². The van der Waals surface area contributed by atoms with E-state index in [-0.39, 0.29) is 12.1 Å². The highest BCUT2D eigenvalue weighted by molar-refractivity contribution is 9.10. The Labute approximate surface area is 152 Å². The third-order valence-electron chi connectivity index (χ3n) is 3.46. The van der Waals surface area contributed by atoms with E-state index in [1.54, 1.807) is 36.4 Å². The number of nitro groups is 1. The molecule has 25 heavy (non-hydrogen) atoms. The number of benzene rings is 2. The molecule has 0 aliphatic heterocycles. The van der Waals surface area contributed by atoms with Crippen molar-refractivity contribution < 1.29 is 19.2 Å². The zero-order valence-corrected chi connectivity index (χ0v) is 14.9. The summed E-state index contributed by atoms with van der Waals surface area (Å²) >= 11 is 3.28. The van der Waals surface area contributed by atoms with Gasteiger partial charge < -0.3 is 10.1 Å². The summed E-state index contributed by atoms with van der Waals surface area (Å²) in [5.74, 6) is -1.01. The molecule has 2 aromatic rings. The molecule has 0 fully saturated rings. The number of hydrogen-bond acceptors (Lipinski definition) is 5. The summed E-state index contributed by atoms with van der Waals surface area (Å²) in [6, 6.07) is 11.6. The molecule has 1 atom stereocenters. The Bertz CT molecular complexity index is 792. The predicted molar refractivity (Wildman–Crippen MR) is 94.2 cm³/mol. The number of rotatable bonds is 6. The van der Waals surface area contributed by atoms with Crippen LogP contribution in [-0.2, 0) is 16.0 Å². The molecule has 0 spiro atoms. The van der Waals surface area contributed by atoms with Crippen molar-refractivity contribution >= 4 is 33.5 Å². The van der Waals surface area contributed by atoms with E-state index in [2.05, 4.69) is 21.2 Å². The number of methoxy groups -OCH3 is 1. The average Bonchev–Trinajstić information content (AvgIpc) is 2.60. The summed E-state index contributed by atoms with van der Waals surface area (Å²) < 4.78 is 5.48. The molecule has 1 N–H and O–H groups in total. The lowest BCUT2D eigenvalue weighted by Gasteiger charge is -2.16. The predicted octanol–water partition coefficient (Wildman–Crippen LogP) is 2.87. The summed E-state index contributed by atoms with van der Waals surface area (Å²) in [5, 5.41) is 13.3. The standard InChI is InChI=1S/C17H15BrN2O5/c1-25-17(22)15(9-11-5-7-14(8-6-11)20(23)24)19-16(21)12-3-2-4-13(18)10-12/h2-8,10,15H,9H2,1H3,(H,19,21)/t15-/m0/s1. The summed E-state index contributed by atoms with van der Waals surface area (Å²) in [5.41, 5.74) is 1.01. The number of ether oxygens (including phenoxy) is 1. The number of carbonyl (C=O) groups excluding carboxylic acids is 2. The average molecular weight is 407 g/mol. The van der Waals surface area contributed by atoms with Gasteiger partial charge in [0.15, 0.2) is 0 Å². The molecular formula is C17H15BrN2O5. The number of nitrogens with one attached hydrogen (secondary N) is 1. The number of nitrogens with zero attached hydrogens (tertiary/aromatic N) is 1. The highest BCUT2D eigenvalue weighted by Crippen LogP contribution is 2.15. The Hall–Kier alpha value is -2.74. The number of esters is 1. The van der Waals surface area contributed by atoms with E-state index in [0.717, 1.165) is 4.47 Å². The maximum Gasteiger partial charge on any atom is 0.328 e. The monoisotopic (exact) mass is 406 g/mol. The zero-order valence-electron chi connectivity index (χ0n) is 13.3. The molecule has 2 aromatic carbocycles. The quantitative estimate of drug-likeness (QED) is 0.451. The van der Waals surface area contributed by atoms with E-state index in [1.165, 1.54) is 19.2 Å². The van der Waals surface area contributed by atoms with Crippen molar-refractivity contribution in [1.82, 2.24) is 5.32 Å². The lowest BCUT2D eigenvalue weighted by atomic mass is 10.0. The smallest absolute Gasteiger partial charge is 0.328 e. The Morgan fingerprint density at radius 2 is 1.92 bits per heavy atom. The lowest BCUT2D eigenvalue weighted by molar-refractivity contribution is -0.384. The number of non-ortho nitro benzene ring substituents is 1. The summed E-state index contributed by atoms with van der Waals surface area (Å²) in [7, 11) is 1.23. The van der Waals surface area contributed by atoms with Crippen molar-refractivity contribution in [2.75, 3.05) is 7.11 Å². The second kappa shape index (κ2) is 8.39. The molecule has 1 amide bonds. The first-order valence-electron chi connectivity index (χ1n) is 7.28. The van der Waals surface area contributed by atoms with Crippen molar-refractivity contribution in [3.8, 4) is 0 Å². The van der Waals surface area contributed by atoms with Gasteiger partial charge in [-0.25, -0.2) is 4.79 Å². The molecule has 0 radical (unpaired) electrons. The van der Waals surface area contributed by atoms with Gasteiger partial charge in [0.1, 0.15) is 6.04 Å². The highest BCUT2D eigenvalue weighted by Gasteiger charge is 2.23. The molecule has 0 saturated carbocycles. The Balaban J connectivity index is 2.14. The van der Waals surface area contributed by atoms with Gasteiger partial charge in [-0.3, -0.25) is 14.9 Å². The molecular weight excluding hydrogens is 392 g/mol. The molecule has 0 unspecified atom stereocenters. The molecule has 0 aromatic heterocycles. The van der Waals surface area contributed by atoms with Crippen LogP contribution in [0.1, 0.15) is 15.9 Å². The SMILES string of the molecule is COC(=O)[C@H](Cc1ccc([N+](=O)[O-])cc1)NC(=O)c1cccc(Br)c1. The van der Waals surface area contributed by atoms with Gasteiger partial charge in [0.2, 0.25) is 0 Å². The number of halogens is 1. The first kappa shape index (κ1) is 18.6. The minimum absolute atomic E-state index is 0.0449. The molecule has 8 heteroatoms. The van der Waals surface area contributed by atoms with E-state index in [4.69, 9.17) is 4.74 Å². The van der Waals surface area contributed by atoms with Crippen molar-refractivity contribution in [2.24, 2.45) is 0 Å². The number of carbonyl (C=O) groups is 2. The third kappa shape index (κ3) is 5.12. The number of amides is 1. The van der Waals surface area contributed by atoms with Crippen LogP contribution in [0.15, 0.2) is 53.0 Å². The van der Waals surface area contributed by atoms with E-state index in [0.29, 0.717) is 11.1 Å². The fourth-order valence-electron chi connectivity index (χ4n) is 2.20. The van der Waals surface area contributed by atoms with E-state index < -0.39 is 22.8 Å². The topological polar surface area (TPSA) is 98.5 Å². The van der Waals surface area contributed by atoms with E-state index in [9.17, 15) is 19.7 Å². The molecule has 130 valence electrons. The van der Waals surface area contributed by atoms with E-state index >= 15 is 0 Å². The first-order valence-corrected chi connectivity index (χ1v) is 8.07. The van der Waals surface area contributed by atoms with Crippen LogP contribution >= 0.6 is 15.9 Å². The van der Waals surface area contributed by atoms with Gasteiger partial charge in [0.05, 0.1) is 12.0 Å². The third-order valence-corrected chi connectivity index (χ3v) is 3.96. The number of hydrogen-bond donors (Lipinski definition) is 1. The number of nitro benzene ring substituents is 1. The van der Waals surface area contributed by atoms with Crippen LogP contribution in [0.25, 0.3) is 0 Å².